The molecule has 1 atom stereocenters. The molecule has 26 heavy (non-hydrogen) atoms. The molecular formula is C21H21NO4. The van der Waals surface area contributed by atoms with Crippen LogP contribution in [0.1, 0.15) is 29.3 Å². The zero-order valence-electron chi connectivity index (χ0n) is 14.8. The van der Waals surface area contributed by atoms with Crippen LogP contribution < -0.4 is 4.74 Å². The van der Waals surface area contributed by atoms with E-state index in [1.54, 1.807) is 13.1 Å². The van der Waals surface area contributed by atoms with Crippen LogP contribution in [-0.4, -0.2) is 29.4 Å². The van der Waals surface area contributed by atoms with Gasteiger partial charge < -0.3 is 14.5 Å². The average Bonchev–Trinajstić information content (AvgIpc) is 3.06. The van der Waals surface area contributed by atoms with Crippen LogP contribution >= 0.6 is 0 Å². The third-order valence-electron chi connectivity index (χ3n) is 4.19. The van der Waals surface area contributed by atoms with Crippen molar-refractivity contribution in [1.82, 2.24) is 4.98 Å². The summed E-state index contributed by atoms with van der Waals surface area (Å²) >= 11 is 0. The topological polar surface area (TPSA) is 68.4 Å². The number of aryl methyl sites for hydroxylation is 1. The molecule has 0 amide bonds. The summed E-state index contributed by atoms with van der Waals surface area (Å²) in [5.41, 5.74) is 2.40. The largest absolute Gasteiger partial charge is 0.493 e. The lowest BCUT2D eigenvalue weighted by Crippen LogP contribution is -2.25. The van der Waals surface area contributed by atoms with Crippen molar-refractivity contribution >= 4 is 22.7 Å². The fourth-order valence-corrected chi connectivity index (χ4v) is 2.77. The molecule has 0 saturated carbocycles. The van der Waals surface area contributed by atoms with E-state index >= 15 is 0 Å². The number of para-hydroxylation sites is 2. The summed E-state index contributed by atoms with van der Waals surface area (Å²) in [5, 5.41) is 0.822. The summed E-state index contributed by atoms with van der Waals surface area (Å²) in [7, 11) is 0. The van der Waals surface area contributed by atoms with Gasteiger partial charge in [-0.1, -0.05) is 36.4 Å². The van der Waals surface area contributed by atoms with E-state index in [4.69, 9.17) is 9.47 Å². The van der Waals surface area contributed by atoms with Gasteiger partial charge in [-0.3, -0.25) is 9.59 Å². The quantitative estimate of drug-likeness (QED) is 0.515. The molecule has 1 heterocycles. The van der Waals surface area contributed by atoms with Crippen LogP contribution in [-0.2, 0) is 9.53 Å². The van der Waals surface area contributed by atoms with Gasteiger partial charge in [-0.05, 0) is 31.5 Å². The predicted octanol–water partition coefficient (Wildman–Crippen LogP) is 4.06. The van der Waals surface area contributed by atoms with Gasteiger partial charge >= 0.3 is 5.97 Å². The number of carbonyl (C=O) groups is 2. The van der Waals surface area contributed by atoms with Crippen LogP contribution in [0.25, 0.3) is 10.9 Å². The van der Waals surface area contributed by atoms with Crippen molar-refractivity contribution in [3.63, 3.8) is 0 Å². The highest BCUT2D eigenvalue weighted by Crippen LogP contribution is 2.20. The molecule has 0 radical (unpaired) electrons. The second-order valence-corrected chi connectivity index (χ2v) is 6.11. The van der Waals surface area contributed by atoms with Crippen LogP contribution in [0, 0.1) is 6.92 Å². The molecule has 0 aliphatic rings. The number of carbonyl (C=O) groups excluding carboxylic acids is 2. The van der Waals surface area contributed by atoms with Gasteiger partial charge in [0, 0.05) is 22.7 Å². The van der Waals surface area contributed by atoms with Gasteiger partial charge in [0.2, 0.25) is 5.78 Å². The Morgan fingerprint density at radius 1 is 1.08 bits per heavy atom. The molecule has 134 valence electrons. The van der Waals surface area contributed by atoms with Gasteiger partial charge in [0.25, 0.3) is 0 Å². The summed E-state index contributed by atoms with van der Waals surface area (Å²) in [6.07, 6.45) is 0.888. The smallest absolute Gasteiger partial charge is 0.309 e. The van der Waals surface area contributed by atoms with Crippen LogP contribution in [0.2, 0.25) is 0 Å². The van der Waals surface area contributed by atoms with Crippen LogP contribution in [0.4, 0.5) is 0 Å². The zero-order chi connectivity index (χ0) is 18.5. The maximum absolute atomic E-state index is 12.6. The number of Topliss-reactive ketones (excluding diaryl/α,β-unsaturated/α-hetero) is 1. The number of aromatic amines is 1. The minimum Gasteiger partial charge on any atom is -0.493 e. The highest BCUT2D eigenvalue weighted by atomic mass is 16.5. The van der Waals surface area contributed by atoms with E-state index in [1.165, 1.54) is 0 Å². The van der Waals surface area contributed by atoms with Crippen LogP contribution in [0.5, 0.6) is 5.75 Å². The van der Waals surface area contributed by atoms with E-state index in [-0.39, 0.29) is 18.8 Å². The number of benzene rings is 2. The third kappa shape index (κ3) is 3.94. The lowest BCUT2D eigenvalue weighted by molar-refractivity contribution is -0.146. The molecule has 0 aliphatic carbocycles. The van der Waals surface area contributed by atoms with Crippen molar-refractivity contribution in [2.75, 3.05) is 6.61 Å². The fraction of sp³-hybridized carbons (Fsp3) is 0.238. The third-order valence-corrected chi connectivity index (χ3v) is 4.19. The molecule has 1 aromatic heterocycles. The Labute approximate surface area is 151 Å². The number of nitrogens with one attached hydrogen (secondary N) is 1. The van der Waals surface area contributed by atoms with Crippen molar-refractivity contribution in [3.05, 3.63) is 65.9 Å². The standard InChI is InChI=1S/C21H21NO4/c1-14-7-3-6-10-19(14)25-12-11-20(23)26-15(2)21(24)17-13-22-18-9-5-4-8-16(17)18/h3-10,13,15,22H,11-12H2,1-2H3/t15-/m0/s1. The van der Waals surface area contributed by atoms with Crippen LogP contribution in [0.3, 0.4) is 0 Å². The fourth-order valence-electron chi connectivity index (χ4n) is 2.77. The van der Waals surface area contributed by atoms with Crippen molar-refractivity contribution < 1.29 is 19.1 Å². The minimum absolute atomic E-state index is 0.0832. The van der Waals surface area contributed by atoms with E-state index < -0.39 is 12.1 Å². The van der Waals surface area contributed by atoms with Crippen molar-refractivity contribution in [2.24, 2.45) is 0 Å². The Bertz CT molecular complexity index is 928. The second kappa shape index (κ2) is 7.87. The number of ketones is 1. The lowest BCUT2D eigenvalue weighted by Gasteiger charge is -2.13. The molecule has 0 fully saturated rings. The van der Waals surface area contributed by atoms with Gasteiger partial charge in [-0.2, -0.15) is 0 Å². The molecule has 0 saturated heterocycles. The molecule has 3 rings (SSSR count). The van der Waals surface area contributed by atoms with Gasteiger partial charge in [0.1, 0.15) is 5.75 Å². The summed E-state index contributed by atoms with van der Waals surface area (Å²) in [4.78, 5) is 27.6. The Hall–Kier alpha value is -3.08. The molecule has 0 spiro atoms. The average molecular weight is 351 g/mol. The Morgan fingerprint density at radius 3 is 2.62 bits per heavy atom. The molecular weight excluding hydrogens is 330 g/mol. The molecule has 1 N–H and O–H groups in total. The zero-order valence-corrected chi connectivity index (χ0v) is 14.8. The maximum Gasteiger partial charge on any atom is 0.309 e. The number of esters is 1. The van der Waals surface area contributed by atoms with Gasteiger partial charge in [-0.25, -0.2) is 0 Å². The summed E-state index contributed by atoms with van der Waals surface area (Å²) in [5.74, 6) is 0.0538. The highest BCUT2D eigenvalue weighted by molar-refractivity contribution is 6.10. The predicted molar refractivity (Wildman–Crippen MR) is 99.5 cm³/mol. The first-order valence-electron chi connectivity index (χ1n) is 8.54. The molecule has 0 aliphatic heterocycles. The molecule has 5 heteroatoms. The number of H-pyrrole nitrogens is 1. The van der Waals surface area contributed by atoms with Crippen molar-refractivity contribution in [2.45, 2.75) is 26.4 Å². The molecule has 5 nitrogen and oxygen atoms in total. The molecule has 0 unspecified atom stereocenters. The normalized spacial score (nSPS) is 11.9. The van der Waals surface area contributed by atoms with Gasteiger partial charge in [-0.15, -0.1) is 0 Å². The van der Waals surface area contributed by atoms with Gasteiger partial charge in [0.05, 0.1) is 13.0 Å². The number of fused-ring (bicyclic) bond motifs is 1. The first-order chi connectivity index (χ1) is 12.6. The van der Waals surface area contributed by atoms with E-state index in [0.29, 0.717) is 5.56 Å². The summed E-state index contributed by atoms with van der Waals surface area (Å²) in [6.45, 7) is 3.73. The first kappa shape index (κ1) is 17.7. The van der Waals surface area contributed by atoms with E-state index in [1.807, 2.05) is 55.5 Å². The number of hydrogen-bond donors (Lipinski definition) is 1. The number of hydrogen-bond acceptors (Lipinski definition) is 4. The van der Waals surface area contributed by atoms with E-state index in [2.05, 4.69) is 4.98 Å². The number of ether oxygens (including phenoxy) is 2. The lowest BCUT2D eigenvalue weighted by atomic mass is 10.1. The monoisotopic (exact) mass is 351 g/mol. The Balaban J connectivity index is 1.54. The molecule has 0 bridgehead atoms. The summed E-state index contributed by atoms with van der Waals surface area (Å²) in [6, 6.07) is 15.1. The molecule has 2 aromatic carbocycles. The highest BCUT2D eigenvalue weighted by Gasteiger charge is 2.22. The summed E-state index contributed by atoms with van der Waals surface area (Å²) < 4.78 is 10.9. The first-order valence-corrected chi connectivity index (χ1v) is 8.54. The second-order valence-electron chi connectivity index (χ2n) is 6.11. The van der Waals surface area contributed by atoms with E-state index in [9.17, 15) is 9.59 Å². The maximum atomic E-state index is 12.6. The van der Waals surface area contributed by atoms with E-state index in [0.717, 1.165) is 22.2 Å². The number of aromatic nitrogens is 1. The van der Waals surface area contributed by atoms with Crippen LogP contribution in [0.15, 0.2) is 54.7 Å². The molecule has 3 aromatic rings. The van der Waals surface area contributed by atoms with Crippen molar-refractivity contribution in [1.29, 1.82) is 0 Å². The Kier molecular flexibility index (Phi) is 5.37. The Morgan fingerprint density at radius 2 is 1.81 bits per heavy atom. The van der Waals surface area contributed by atoms with Gasteiger partial charge in [0.15, 0.2) is 6.10 Å². The van der Waals surface area contributed by atoms with Crippen molar-refractivity contribution in [3.8, 4) is 5.75 Å². The minimum atomic E-state index is -0.847. The number of rotatable bonds is 7. The SMILES string of the molecule is Cc1ccccc1OCCC(=O)O[C@@H](C)C(=O)c1c[nH]c2ccccc12.